The molecule has 3 aromatic rings. The van der Waals surface area contributed by atoms with Crippen molar-refractivity contribution in [3.05, 3.63) is 66.0 Å². The minimum atomic E-state index is -0.953. The summed E-state index contributed by atoms with van der Waals surface area (Å²) in [4.78, 5) is 8.16. The first-order chi connectivity index (χ1) is 11.5. The van der Waals surface area contributed by atoms with Gasteiger partial charge in [0.2, 0.25) is 0 Å². The third-order valence-corrected chi connectivity index (χ3v) is 3.35. The minimum Gasteiger partial charge on any atom is -0.393 e. The van der Waals surface area contributed by atoms with Crippen LogP contribution >= 0.6 is 0 Å². The van der Waals surface area contributed by atoms with E-state index in [9.17, 15) is 8.78 Å². The molecule has 4 N–H and O–H groups in total. The molecule has 0 saturated heterocycles. The molecule has 24 heavy (non-hydrogen) atoms. The lowest BCUT2D eigenvalue weighted by Gasteiger charge is -2.13. The van der Waals surface area contributed by atoms with Crippen LogP contribution in [0.5, 0.6) is 0 Å². The Morgan fingerprint density at radius 3 is 2.17 bits per heavy atom. The largest absolute Gasteiger partial charge is 0.393 e. The number of nitrogen functional groups attached to an aromatic ring is 1. The predicted molar refractivity (Wildman–Crippen MR) is 90.5 cm³/mol. The van der Waals surface area contributed by atoms with E-state index in [1.54, 1.807) is 0 Å². The Kier molecular flexibility index (Phi) is 4.24. The van der Waals surface area contributed by atoms with E-state index in [-0.39, 0.29) is 5.69 Å². The highest BCUT2D eigenvalue weighted by Crippen LogP contribution is 2.28. The van der Waals surface area contributed by atoms with Crippen molar-refractivity contribution in [3.63, 3.8) is 0 Å². The SMILES string of the molecule is Cc1cccc(Nc2ncnc(Nc3ccc(F)c(F)c3)c2N)c1. The molecule has 7 heteroatoms. The molecule has 0 unspecified atom stereocenters. The van der Waals surface area contributed by atoms with E-state index in [1.807, 2.05) is 31.2 Å². The molecule has 0 saturated carbocycles. The van der Waals surface area contributed by atoms with E-state index >= 15 is 0 Å². The van der Waals surface area contributed by atoms with Crippen LogP contribution < -0.4 is 16.4 Å². The van der Waals surface area contributed by atoms with Crippen LogP contribution in [-0.2, 0) is 0 Å². The predicted octanol–water partition coefficient (Wildman–Crippen LogP) is 4.13. The van der Waals surface area contributed by atoms with Crippen LogP contribution in [0.2, 0.25) is 0 Å². The van der Waals surface area contributed by atoms with Crippen LogP contribution in [0.1, 0.15) is 5.56 Å². The van der Waals surface area contributed by atoms with Gasteiger partial charge in [-0.15, -0.1) is 0 Å². The molecule has 0 fully saturated rings. The Morgan fingerprint density at radius 1 is 0.875 bits per heavy atom. The molecule has 0 radical (unpaired) electrons. The van der Waals surface area contributed by atoms with E-state index in [2.05, 4.69) is 20.6 Å². The molecule has 5 nitrogen and oxygen atoms in total. The maximum Gasteiger partial charge on any atom is 0.160 e. The van der Waals surface area contributed by atoms with Crippen molar-refractivity contribution >= 4 is 28.7 Å². The molecule has 2 aromatic carbocycles. The number of halogens is 2. The molecule has 0 amide bonds. The fourth-order valence-electron chi connectivity index (χ4n) is 2.16. The third-order valence-electron chi connectivity index (χ3n) is 3.35. The number of hydrogen-bond acceptors (Lipinski definition) is 5. The molecule has 122 valence electrons. The summed E-state index contributed by atoms with van der Waals surface area (Å²) in [5.74, 6) is -1.16. The molecule has 3 rings (SSSR count). The van der Waals surface area contributed by atoms with Crippen molar-refractivity contribution in [1.29, 1.82) is 0 Å². The lowest BCUT2D eigenvalue weighted by atomic mass is 10.2. The summed E-state index contributed by atoms with van der Waals surface area (Å²) in [6.07, 6.45) is 1.33. The van der Waals surface area contributed by atoms with Crippen LogP contribution in [-0.4, -0.2) is 9.97 Å². The minimum absolute atomic E-state index is 0.267. The summed E-state index contributed by atoms with van der Waals surface area (Å²) in [6, 6.07) is 11.2. The molecular weight excluding hydrogens is 312 g/mol. The number of nitrogens with zero attached hydrogens (tertiary/aromatic N) is 2. The van der Waals surface area contributed by atoms with Crippen molar-refractivity contribution in [1.82, 2.24) is 9.97 Å². The Labute approximate surface area is 137 Å². The topological polar surface area (TPSA) is 75.9 Å². The van der Waals surface area contributed by atoms with Gasteiger partial charge in [0.15, 0.2) is 23.3 Å². The molecule has 0 bridgehead atoms. The second-order valence-electron chi connectivity index (χ2n) is 5.23. The van der Waals surface area contributed by atoms with Crippen LogP contribution in [0.15, 0.2) is 48.8 Å². The van der Waals surface area contributed by atoms with Gasteiger partial charge in [-0.25, -0.2) is 18.7 Å². The molecule has 0 atom stereocenters. The fraction of sp³-hybridized carbons (Fsp3) is 0.0588. The highest BCUT2D eigenvalue weighted by molar-refractivity contribution is 5.80. The summed E-state index contributed by atoms with van der Waals surface area (Å²) in [5.41, 5.74) is 8.59. The fourth-order valence-corrected chi connectivity index (χ4v) is 2.16. The Hall–Kier alpha value is -3.22. The van der Waals surface area contributed by atoms with Gasteiger partial charge in [0, 0.05) is 17.4 Å². The van der Waals surface area contributed by atoms with Crippen LogP contribution in [0.3, 0.4) is 0 Å². The van der Waals surface area contributed by atoms with E-state index in [0.717, 1.165) is 23.4 Å². The van der Waals surface area contributed by atoms with Gasteiger partial charge in [0.1, 0.15) is 12.0 Å². The smallest absolute Gasteiger partial charge is 0.160 e. The molecule has 0 aliphatic heterocycles. The van der Waals surface area contributed by atoms with Crippen LogP contribution in [0, 0.1) is 18.6 Å². The van der Waals surface area contributed by atoms with Crippen LogP contribution in [0.25, 0.3) is 0 Å². The molecule has 1 aromatic heterocycles. The normalized spacial score (nSPS) is 10.5. The molecule has 1 heterocycles. The third kappa shape index (κ3) is 3.40. The first-order valence-electron chi connectivity index (χ1n) is 7.19. The zero-order valence-electron chi connectivity index (χ0n) is 12.8. The monoisotopic (exact) mass is 327 g/mol. The Balaban J connectivity index is 1.86. The molecule has 0 aliphatic rings. The zero-order valence-corrected chi connectivity index (χ0v) is 12.8. The van der Waals surface area contributed by atoms with E-state index in [0.29, 0.717) is 17.3 Å². The van der Waals surface area contributed by atoms with Gasteiger partial charge in [-0.05, 0) is 36.8 Å². The quantitative estimate of drug-likeness (QED) is 0.671. The van der Waals surface area contributed by atoms with E-state index in [4.69, 9.17) is 5.73 Å². The van der Waals surface area contributed by atoms with Crippen molar-refractivity contribution in [2.45, 2.75) is 6.92 Å². The Morgan fingerprint density at radius 2 is 1.54 bits per heavy atom. The highest BCUT2D eigenvalue weighted by Gasteiger charge is 2.10. The molecular formula is C17H15F2N5. The lowest BCUT2D eigenvalue weighted by molar-refractivity contribution is 0.509. The van der Waals surface area contributed by atoms with Crippen molar-refractivity contribution in [3.8, 4) is 0 Å². The van der Waals surface area contributed by atoms with Crippen molar-refractivity contribution < 1.29 is 8.78 Å². The summed E-state index contributed by atoms with van der Waals surface area (Å²) >= 11 is 0. The second kappa shape index (κ2) is 6.49. The maximum absolute atomic E-state index is 13.3. The van der Waals surface area contributed by atoms with Crippen LogP contribution in [0.4, 0.5) is 37.5 Å². The van der Waals surface area contributed by atoms with E-state index in [1.165, 1.54) is 12.4 Å². The summed E-state index contributed by atoms with van der Waals surface area (Å²) in [6.45, 7) is 1.98. The first-order valence-corrected chi connectivity index (χ1v) is 7.19. The van der Waals surface area contributed by atoms with Gasteiger partial charge in [-0.2, -0.15) is 0 Å². The summed E-state index contributed by atoms with van der Waals surface area (Å²) < 4.78 is 26.3. The van der Waals surface area contributed by atoms with Gasteiger partial charge in [-0.3, -0.25) is 0 Å². The number of rotatable bonds is 4. The molecule has 0 spiro atoms. The number of aromatic nitrogens is 2. The lowest BCUT2D eigenvalue weighted by Crippen LogP contribution is -2.05. The van der Waals surface area contributed by atoms with Crippen molar-refractivity contribution in [2.24, 2.45) is 0 Å². The zero-order chi connectivity index (χ0) is 17.1. The highest BCUT2D eigenvalue weighted by atomic mass is 19.2. The standard InChI is InChI=1S/C17H15F2N5/c1-10-3-2-4-11(7-10)23-16-15(20)17(22-9-21-16)24-12-5-6-13(18)14(19)8-12/h2-9H,20H2,1H3,(H2,21,22,23,24). The average molecular weight is 327 g/mol. The Bertz CT molecular complexity index is 883. The van der Waals surface area contributed by atoms with Gasteiger partial charge >= 0.3 is 0 Å². The second-order valence-corrected chi connectivity index (χ2v) is 5.23. The number of nitrogens with two attached hydrogens (primary N) is 1. The summed E-state index contributed by atoms with van der Waals surface area (Å²) in [5, 5.41) is 5.96. The van der Waals surface area contributed by atoms with Gasteiger partial charge < -0.3 is 16.4 Å². The van der Waals surface area contributed by atoms with Crippen molar-refractivity contribution in [2.75, 3.05) is 16.4 Å². The number of anilines is 5. The first kappa shape index (κ1) is 15.7. The maximum atomic E-state index is 13.3. The number of hydrogen-bond donors (Lipinski definition) is 3. The summed E-state index contributed by atoms with van der Waals surface area (Å²) in [7, 11) is 0. The number of aryl methyl sites for hydroxylation is 1. The molecule has 0 aliphatic carbocycles. The van der Waals surface area contributed by atoms with Gasteiger partial charge in [-0.1, -0.05) is 12.1 Å². The van der Waals surface area contributed by atoms with Gasteiger partial charge in [0.25, 0.3) is 0 Å². The average Bonchev–Trinajstić information content (AvgIpc) is 2.55. The number of nitrogens with one attached hydrogen (secondary N) is 2. The number of benzene rings is 2. The van der Waals surface area contributed by atoms with Gasteiger partial charge in [0.05, 0.1) is 0 Å². The van der Waals surface area contributed by atoms with E-state index < -0.39 is 11.6 Å².